The summed E-state index contributed by atoms with van der Waals surface area (Å²) in [5.74, 6) is 1.58. The average Bonchev–Trinajstić information content (AvgIpc) is 1.62. The zero-order valence-corrected chi connectivity index (χ0v) is 10.1. The minimum absolute atomic E-state index is 0. The first-order valence-electron chi connectivity index (χ1n) is 3.31. The van der Waals surface area contributed by atoms with E-state index in [9.17, 15) is 0 Å². The van der Waals surface area contributed by atoms with Crippen LogP contribution in [0.15, 0.2) is 0 Å². The van der Waals surface area contributed by atoms with Crippen LogP contribution < -0.4 is 0 Å². The molecule has 0 nitrogen and oxygen atoms in total. The molecule has 53 valence electrons. The fourth-order valence-corrected chi connectivity index (χ4v) is 0.530. The second-order valence-electron chi connectivity index (χ2n) is 3.38. The van der Waals surface area contributed by atoms with Gasteiger partial charge in [-0.25, -0.2) is 0 Å². The Morgan fingerprint density at radius 1 is 1.22 bits per heavy atom. The number of rotatable bonds is 1. The minimum atomic E-state index is 0. The van der Waals surface area contributed by atoms with E-state index >= 15 is 0 Å². The van der Waals surface area contributed by atoms with E-state index in [-0.39, 0.29) is 32.7 Å². The number of hydrogen-bond donors (Lipinski definition) is 0. The standard InChI is InChI=1S/C8H17.Y/c1-6-7(2)8(3,4)5;/h6H2,1-5H3;/q-1;. The quantitative estimate of drug-likeness (QED) is 0.573. The van der Waals surface area contributed by atoms with Gasteiger partial charge < -0.3 is 5.92 Å². The van der Waals surface area contributed by atoms with Gasteiger partial charge in [0.2, 0.25) is 0 Å². The van der Waals surface area contributed by atoms with E-state index in [1.807, 2.05) is 0 Å². The molecule has 0 bridgehead atoms. The van der Waals surface area contributed by atoms with Crippen LogP contribution in [0.3, 0.4) is 0 Å². The van der Waals surface area contributed by atoms with E-state index in [1.54, 1.807) is 5.92 Å². The van der Waals surface area contributed by atoms with Gasteiger partial charge in [-0.15, -0.1) is 0 Å². The van der Waals surface area contributed by atoms with Gasteiger partial charge in [0.15, 0.2) is 0 Å². The van der Waals surface area contributed by atoms with Crippen LogP contribution in [-0.4, -0.2) is 0 Å². The summed E-state index contributed by atoms with van der Waals surface area (Å²) in [6.45, 7) is 11.2. The topological polar surface area (TPSA) is 0 Å². The zero-order chi connectivity index (χ0) is 6.78. The third kappa shape index (κ3) is 5.54. The first-order valence-corrected chi connectivity index (χ1v) is 3.31. The molecule has 0 saturated heterocycles. The summed E-state index contributed by atoms with van der Waals surface area (Å²) in [7, 11) is 0. The molecule has 0 fully saturated rings. The third-order valence-electron chi connectivity index (χ3n) is 1.81. The second kappa shape index (κ2) is 4.85. The molecular weight excluding hydrogens is 185 g/mol. The molecule has 0 aromatic heterocycles. The first-order chi connectivity index (χ1) is 3.48. The SMILES string of the molecule is CC[C-](C)C(C)(C)C.[Y]. The molecule has 0 atom stereocenters. The Bertz CT molecular complexity index is 61.5. The maximum Gasteiger partial charge on any atom is 0 e. The molecular formula is C8H17Y-. The molecule has 0 N–H and O–H groups in total. The smallest absolute Gasteiger partial charge is 0 e. The average molecular weight is 202 g/mol. The van der Waals surface area contributed by atoms with Crippen LogP contribution in [0.4, 0.5) is 0 Å². The summed E-state index contributed by atoms with van der Waals surface area (Å²) >= 11 is 0. The summed E-state index contributed by atoms with van der Waals surface area (Å²) in [4.78, 5) is 0. The Morgan fingerprint density at radius 2 is 1.56 bits per heavy atom. The van der Waals surface area contributed by atoms with Gasteiger partial charge in [-0.05, 0) is 0 Å². The molecule has 0 rings (SSSR count). The predicted molar refractivity (Wildman–Crippen MR) is 38.7 cm³/mol. The summed E-state index contributed by atoms with van der Waals surface area (Å²) in [5, 5.41) is 0. The summed E-state index contributed by atoms with van der Waals surface area (Å²) in [6.07, 6.45) is 1.21. The van der Waals surface area contributed by atoms with E-state index in [0.29, 0.717) is 5.41 Å². The molecule has 1 radical (unpaired) electrons. The summed E-state index contributed by atoms with van der Waals surface area (Å²) < 4.78 is 0. The molecule has 0 amide bonds. The number of hydrogen-bond acceptors (Lipinski definition) is 0. The van der Waals surface area contributed by atoms with Gasteiger partial charge in [-0.1, -0.05) is 27.7 Å². The Morgan fingerprint density at radius 3 is 1.56 bits per heavy atom. The van der Waals surface area contributed by atoms with Crippen molar-refractivity contribution in [2.24, 2.45) is 5.41 Å². The van der Waals surface area contributed by atoms with E-state index < -0.39 is 0 Å². The molecule has 9 heavy (non-hydrogen) atoms. The van der Waals surface area contributed by atoms with Crippen LogP contribution in [0.1, 0.15) is 41.0 Å². The van der Waals surface area contributed by atoms with Crippen molar-refractivity contribution < 1.29 is 32.7 Å². The Hall–Kier alpha value is 1.10. The van der Waals surface area contributed by atoms with Crippen molar-refractivity contribution in [2.45, 2.75) is 41.0 Å². The molecule has 0 aliphatic carbocycles. The first kappa shape index (κ1) is 12.8. The van der Waals surface area contributed by atoms with E-state index in [4.69, 9.17) is 0 Å². The van der Waals surface area contributed by atoms with Gasteiger partial charge in [-0.2, -0.15) is 18.8 Å². The molecule has 0 saturated carbocycles. The van der Waals surface area contributed by atoms with Crippen molar-refractivity contribution in [1.29, 1.82) is 0 Å². The van der Waals surface area contributed by atoms with Crippen LogP contribution in [0.25, 0.3) is 0 Å². The summed E-state index contributed by atoms with van der Waals surface area (Å²) in [6, 6.07) is 0. The normalized spacial score (nSPS) is 11.3. The molecule has 0 spiro atoms. The van der Waals surface area contributed by atoms with Gasteiger partial charge in [0.25, 0.3) is 0 Å². The van der Waals surface area contributed by atoms with E-state index in [2.05, 4.69) is 34.6 Å². The van der Waals surface area contributed by atoms with Gasteiger partial charge in [0, 0.05) is 32.7 Å². The fraction of sp³-hybridized carbons (Fsp3) is 0.875. The Labute approximate surface area is 84.7 Å². The van der Waals surface area contributed by atoms with Crippen molar-refractivity contribution in [3.05, 3.63) is 5.92 Å². The maximum absolute atomic E-state index is 2.26. The second-order valence-corrected chi connectivity index (χ2v) is 3.38. The summed E-state index contributed by atoms with van der Waals surface area (Å²) in [5.41, 5.74) is 0.425. The van der Waals surface area contributed by atoms with Gasteiger partial charge in [0.1, 0.15) is 0 Å². The van der Waals surface area contributed by atoms with Gasteiger partial charge in [0.05, 0.1) is 0 Å². The fourth-order valence-electron chi connectivity index (χ4n) is 0.530. The van der Waals surface area contributed by atoms with Gasteiger partial charge >= 0.3 is 0 Å². The Kier molecular flexibility index (Phi) is 6.87. The predicted octanol–water partition coefficient (Wildman–Crippen LogP) is 3.03. The maximum atomic E-state index is 2.26. The van der Waals surface area contributed by atoms with Crippen LogP contribution >= 0.6 is 0 Å². The molecule has 0 aromatic rings. The zero-order valence-electron chi connectivity index (χ0n) is 7.28. The van der Waals surface area contributed by atoms with Crippen LogP contribution in [0.5, 0.6) is 0 Å². The van der Waals surface area contributed by atoms with Crippen LogP contribution in [-0.2, 0) is 32.7 Å². The van der Waals surface area contributed by atoms with Crippen molar-refractivity contribution >= 4 is 0 Å². The van der Waals surface area contributed by atoms with Crippen molar-refractivity contribution in [1.82, 2.24) is 0 Å². The molecule has 0 aromatic carbocycles. The molecule has 0 aliphatic rings. The minimum Gasteiger partial charge on any atom is -0.312 e. The molecule has 0 aliphatic heterocycles. The molecule has 1 heteroatoms. The van der Waals surface area contributed by atoms with Crippen LogP contribution in [0, 0.1) is 11.3 Å². The van der Waals surface area contributed by atoms with E-state index in [0.717, 1.165) is 0 Å². The van der Waals surface area contributed by atoms with Crippen molar-refractivity contribution in [3.63, 3.8) is 0 Å². The largest absolute Gasteiger partial charge is 0.312 e. The third-order valence-corrected chi connectivity index (χ3v) is 1.81. The van der Waals surface area contributed by atoms with Crippen molar-refractivity contribution in [3.8, 4) is 0 Å². The molecule has 0 heterocycles. The Balaban J connectivity index is 0. The van der Waals surface area contributed by atoms with E-state index in [1.165, 1.54) is 6.42 Å². The molecule has 0 unspecified atom stereocenters. The van der Waals surface area contributed by atoms with Crippen molar-refractivity contribution in [2.75, 3.05) is 0 Å². The van der Waals surface area contributed by atoms with Crippen LogP contribution in [0.2, 0.25) is 0 Å². The van der Waals surface area contributed by atoms with Gasteiger partial charge in [-0.3, -0.25) is 0 Å². The monoisotopic (exact) mass is 202 g/mol.